The van der Waals surface area contributed by atoms with Crippen LogP contribution in [-0.4, -0.2) is 18.1 Å². The van der Waals surface area contributed by atoms with Gasteiger partial charge in [0.25, 0.3) is 5.91 Å². The summed E-state index contributed by atoms with van der Waals surface area (Å²) in [5.41, 5.74) is 5.43. The lowest BCUT2D eigenvalue weighted by Crippen LogP contribution is -2.44. The van der Waals surface area contributed by atoms with E-state index < -0.39 is 5.82 Å². The van der Waals surface area contributed by atoms with E-state index in [1.807, 2.05) is 20.8 Å². The maximum Gasteiger partial charge on any atom is 0.258 e. The Bertz CT molecular complexity index is 433. The minimum atomic E-state index is -0.572. The number of carbonyl (C=O) groups excluding carboxylic acids is 1. The van der Waals surface area contributed by atoms with Crippen LogP contribution in [0.4, 0.5) is 10.1 Å². The number of hydrogen-bond donors (Lipinski definition) is 2. The highest BCUT2D eigenvalue weighted by Gasteiger charge is 2.18. The Balaban J connectivity index is 2.53. The lowest BCUT2D eigenvalue weighted by Gasteiger charge is -2.24. The Morgan fingerprint density at radius 1 is 1.50 bits per heavy atom. The van der Waals surface area contributed by atoms with Gasteiger partial charge in [0.2, 0.25) is 0 Å². The predicted octanol–water partition coefficient (Wildman–Crippen LogP) is 2.09. The van der Waals surface area contributed by atoms with Crippen molar-refractivity contribution in [1.29, 1.82) is 0 Å². The molecule has 18 heavy (non-hydrogen) atoms. The van der Waals surface area contributed by atoms with E-state index in [0.717, 1.165) is 12.5 Å². The largest absolute Gasteiger partial charge is 0.481 e. The summed E-state index contributed by atoms with van der Waals surface area (Å²) in [4.78, 5) is 11.6. The molecule has 100 valence electrons. The van der Waals surface area contributed by atoms with E-state index in [9.17, 15) is 9.18 Å². The van der Waals surface area contributed by atoms with Crippen molar-refractivity contribution in [2.75, 3.05) is 12.3 Å². The molecule has 0 heterocycles. The molecule has 0 saturated heterocycles. The molecule has 4 nitrogen and oxygen atoms in total. The third-order valence-corrected chi connectivity index (χ3v) is 2.68. The standard InChI is InChI=1S/C13H19FN2O2/c1-4-13(2,3)16-12(17)8-18-11-6-5-9(15)7-10(11)14/h5-7H,4,8,15H2,1-3H3,(H,16,17). The number of anilines is 1. The molecule has 0 radical (unpaired) electrons. The Labute approximate surface area is 106 Å². The number of nitrogens with one attached hydrogen (secondary N) is 1. The summed E-state index contributed by atoms with van der Waals surface area (Å²) in [5, 5.41) is 2.80. The van der Waals surface area contributed by atoms with Crippen molar-refractivity contribution in [3.05, 3.63) is 24.0 Å². The number of ether oxygens (including phenoxy) is 1. The number of carbonyl (C=O) groups is 1. The molecule has 0 bridgehead atoms. The molecule has 1 rings (SSSR count). The topological polar surface area (TPSA) is 64.3 Å². The van der Waals surface area contributed by atoms with E-state index in [0.29, 0.717) is 5.69 Å². The lowest BCUT2D eigenvalue weighted by atomic mass is 10.0. The molecule has 0 spiro atoms. The number of hydrogen-bond acceptors (Lipinski definition) is 3. The maximum atomic E-state index is 13.4. The highest BCUT2D eigenvalue weighted by atomic mass is 19.1. The zero-order valence-corrected chi connectivity index (χ0v) is 10.9. The van der Waals surface area contributed by atoms with E-state index in [1.54, 1.807) is 0 Å². The second kappa shape index (κ2) is 5.71. The molecule has 5 heteroatoms. The molecule has 1 aromatic carbocycles. The van der Waals surface area contributed by atoms with Crippen molar-refractivity contribution in [3.63, 3.8) is 0 Å². The number of rotatable bonds is 5. The highest BCUT2D eigenvalue weighted by molar-refractivity contribution is 5.78. The molecule has 0 aliphatic rings. The number of benzene rings is 1. The molecule has 0 atom stereocenters. The summed E-state index contributed by atoms with van der Waals surface area (Å²) in [6, 6.07) is 4.08. The van der Waals surface area contributed by atoms with Gasteiger partial charge >= 0.3 is 0 Å². The summed E-state index contributed by atoms with van der Waals surface area (Å²) < 4.78 is 18.5. The molecule has 1 amide bonds. The monoisotopic (exact) mass is 254 g/mol. The van der Waals surface area contributed by atoms with Crippen LogP contribution >= 0.6 is 0 Å². The van der Waals surface area contributed by atoms with E-state index in [1.165, 1.54) is 12.1 Å². The zero-order chi connectivity index (χ0) is 13.8. The first-order chi connectivity index (χ1) is 8.34. The Hall–Kier alpha value is -1.78. The second-order valence-electron chi connectivity index (χ2n) is 4.76. The van der Waals surface area contributed by atoms with Crippen LogP contribution in [0.5, 0.6) is 5.75 Å². The van der Waals surface area contributed by atoms with Gasteiger partial charge in [-0.05, 0) is 32.4 Å². The summed E-state index contributed by atoms with van der Waals surface area (Å²) in [7, 11) is 0. The number of nitrogen functional groups attached to an aromatic ring is 1. The molecule has 0 unspecified atom stereocenters. The first-order valence-electron chi connectivity index (χ1n) is 5.83. The van der Waals surface area contributed by atoms with E-state index in [2.05, 4.69) is 5.32 Å². The van der Waals surface area contributed by atoms with Gasteiger partial charge in [-0.15, -0.1) is 0 Å². The normalized spacial score (nSPS) is 11.1. The lowest BCUT2D eigenvalue weighted by molar-refractivity contribution is -0.124. The van der Waals surface area contributed by atoms with Gasteiger partial charge in [0, 0.05) is 17.3 Å². The molecule has 0 aromatic heterocycles. The summed E-state index contributed by atoms with van der Waals surface area (Å²) in [5.74, 6) is -0.829. The van der Waals surface area contributed by atoms with Gasteiger partial charge < -0.3 is 15.8 Å². The molecular formula is C13H19FN2O2. The number of amides is 1. The van der Waals surface area contributed by atoms with Crippen LogP contribution < -0.4 is 15.8 Å². The van der Waals surface area contributed by atoms with E-state index >= 15 is 0 Å². The van der Waals surface area contributed by atoms with Crippen LogP contribution in [0.2, 0.25) is 0 Å². The van der Waals surface area contributed by atoms with Crippen LogP contribution in [0.1, 0.15) is 27.2 Å². The van der Waals surface area contributed by atoms with Crippen LogP contribution in [0, 0.1) is 5.82 Å². The fourth-order valence-electron chi connectivity index (χ4n) is 1.28. The molecular weight excluding hydrogens is 235 g/mol. The Morgan fingerprint density at radius 3 is 2.72 bits per heavy atom. The number of nitrogens with two attached hydrogens (primary N) is 1. The van der Waals surface area contributed by atoms with Crippen molar-refractivity contribution in [1.82, 2.24) is 5.32 Å². The van der Waals surface area contributed by atoms with Gasteiger partial charge in [0.1, 0.15) is 0 Å². The van der Waals surface area contributed by atoms with E-state index in [4.69, 9.17) is 10.5 Å². The van der Waals surface area contributed by atoms with Crippen molar-refractivity contribution in [3.8, 4) is 5.75 Å². The van der Waals surface area contributed by atoms with Gasteiger partial charge in [-0.2, -0.15) is 0 Å². The van der Waals surface area contributed by atoms with Crippen LogP contribution in [-0.2, 0) is 4.79 Å². The molecule has 0 aliphatic carbocycles. The van der Waals surface area contributed by atoms with Crippen molar-refractivity contribution >= 4 is 11.6 Å². The van der Waals surface area contributed by atoms with Gasteiger partial charge in [0.05, 0.1) is 0 Å². The van der Waals surface area contributed by atoms with Crippen molar-refractivity contribution < 1.29 is 13.9 Å². The molecule has 0 saturated carbocycles. The van der Waals surface area contributed by atoms with Crippen LogP contribution in [0.3, 0.4) is 0 Å². The zero-order valence-electron chi connectivity index (χ0n) is 10.9. The van der Waals surface area contributed by atoms with Crippen LogP contribution in [0.25, 0.3) is 0 Å². The van der Waals surface area contributed by atoms with Gasteiger partial charge in [0.15, 0.2) is 18.2 Å². The number of halogens is 1. The molecule has 0 aliphatic heterocycles. The van der Waals surface area contributed by atoms with E-state index in [-0.39, 0.29) is 23.8 Å². The molecule has 0 fully saturated rings. The SMILES string of the molecule is CCC(C)(C)NC(=O)COc1ccc(N)cc1F. The predicted molar refractivity (Wildman–Crippen MR) is 68.8 cm³/mol. The van der Waals surface area contributed by atoms with Crippen LogP contribution in [0.15, 0.2) is 18.2 Å². The first-order valence-corrected chi connectivity index (χ1v) is 5.83. The fourth-order valence-corrected chi connectivity index (χ4v) is 1.28. The fraction of sp³-hybridized carbons (Fsp3) is 0.462. The highest BCUT2D eigenvalue weighted by Crippen LogP contribution is 2.19. The Morgan fingerprint density at radius 2 is 2.17 bits per heavy atom. The summed E-state index contributed by atoms with van der Waals surface area (Å²) in [6.45, 7) is 5.58. The third-order valence-electron chi connectivity index (χ3n) is 2.68. The van der Waals surface area contributed by atoms with Gasteiger partial charge in [-0.25, -0.2) is 4.39 Å². The van der Waals surface area contributed by atoms with Gasteiger partial charge in [-0.3, -0.25) is 4.79 Å². The second-order valence-corrected chi connectivity index (χ2v) is 4.76. The van der Waals surface area contributed by atoms with Gasteiger partial charge in [-0.1, -0.05) is 6.92 Å². The maximum absolute atomic E-state index is 13.4. The average Bonchev–Trinajstić information content (AvgIpc) is 2.27. The Kier molecular flexibility index (Phi) is 4.53. The molecule has 1 aromatic rings. The minimum absolute atomic E-state index is 0.0219. The third kappa shape index (κ3) is 4.24. The smallest absolute Gasteiger partial charge is 0.258 e. The van der Waals surface area contributed by atoms with Crippen molar-refractivity contribution in [2.24, 2.45) is 0 Å². The quantitative estimate of drug-likeness (QED) is 0.791. The summed E-state index contributed by atoms with van der Waals surface area (Å²) >= 11 is 0. The van der Waals surface area contributed by atoms with Crippen molar-refractivity contribution in [2.45, 2.75) is 32.7 Å². The molecule has 3 N–H and O–H groups in total. The summed E-state index contributed by atoms with van der Waals surface area (Å²) in [6.07, 6.45) is 0.801. The minimum Gasteiger partial charge on any atom is -0.481 e. The average molecular weight is 254 g/mol. The first kappa shape index (κ1) is 14.3.